The van der Waals surface area contributed by atoms with Gasteiger partial charge in [-0.2, -0.15) is 0 Å². The first-order valence-corrected chi connectivity index (χ1v) is 14.1. The van der Waals surface area contributed by atoms with Gasteiger partial charge >= 0.3 is 5.97 Å². The number of aromatic nitrogens is 3. The van der Waals surface area contributed by atoms with Gasteiger partial charge in [0.15, 0.2) is 0 Å². The second-order valence-electron chi connectivity index (χ2n) is 10.7. The van der Waals surface area contributed by atoms with E-state index in [-0.39, 0.29) is 24.1 Å². The number of hydrogen-bond donors (Lipinski definition) is 2. The van der Waals surface area contributed by atoms with Gasteiger partial charge in [-0.05, 0) is 54.8 Å². The summed E-state index contributed by atoms with van der Waals surface area (Å²) in [5, 5.41) is 11.0. The Hall–Kier alpha value is -3.92. The summed E-state index contributed by atoms with van der Waals surface area (Å²) in [6.45, 7) is 3.68. The number of benzene rings is 3. The van der Waals surface area contributed by atoms with Crippen molar-refractivity contribution >= 4 is 39.5 Å². The van der Waals surface area contributed by atoms with E-state index in [1.807, 2.05) is 12.1 Å². The lowest BCUT2D eigenvalue weighted by Gasteiger charge is -2.29. The zero-order valence-corrected chi connectivity index (χ0v) is 23.0. The highest BCUT2D eigenvalue weighted by atomic mass is 35.5. The van der Waals surface area contributed by atoms with Crippen molar-refractivity contribution in [3.05, 3.63) is 93.6 Å². The first-order chi connectivity index (χ1) is 19.9. The van der Waals surface area contributed by atoms with Crippen molar-refractivity contribution in [2.24, 2.45) is 0 Å². The third-order valence-corrected chi connectivity index (χ3v) is 8.30. The van der Waals surface area contributed by atoms with Crippen molar-refractivity contribution in [3.8, 4) is 5.75 Å². The van der Waals surface area contributed by atoms with Gasteiger partial charge in [0.2, 0.25) is 0 Å². The van der Waals surface area contributed by atoms with E-state index in [2.05, 4.69) is 20.5 Å². The average molecular weight is 575 g/mol. The van der Waals surface area contributed by atoms with E-state index in [0.29, 0.717) is 36.0 Å². The summed E-state index contributed by atoms with van der Waals surface area (Å²) in [7, 11) is 0. The number of carbonyl (C=O) groups is 1. The van der Waals surface area contributed by atoms with Gasteiger partial charge in [0.1, 0.15) is 24.0 Å². The fourth-order valence-electron chi connectivity index (χ4n) is 5.81. The Morgan fingerprint density at radius 2 is 2.10 bits per heavy atom. The predicted molar refractivity (Wildman–Crippen MR) is 153 cm³/mol. The standard InChI is InChI=1S/C31H28ClFN4O4/c32-20-6-4-19(24(33)13-20)17-41-28-3-1-2-23-22-8-10-36(15-26(22)35-30(23)28)16-29-34-25-7-5-18(31(38)39)12-27(25)37(29)14-21-9-11-40-21/h1-7,12-13,21,35H,8-11,14-17H2,(H,38,39). The van der Waals surface area contributed by atoms with Crippen LogP contribution in [0.3, 0.4) is 0 Å². The second-order valence-corrected chi connectivity index (χ2v) is 11.1. The molecule has 0 radical (unpaired) electrons. The molecule has 1 atom stereocenters. The molecule has 2 aliphatic rings. The van der Waals surface area contributed by atoms with Crippen LogP contribution in [0.15, 0.2) is 54.6 Å². The molecular weight excluding hydrogens is 547 g/mol. The quantitative estimate of drug-likeness (QED) is 0.238. The normalized spacial score (nSPS) is 17.1. The predicted octanol–water partition coefficient (Wildman–Crippen LogP) is 5.93. The van der Waals surface area contributed by atoms with Crippen LogP contribution in [0.2, 0.25) is 5.02 Å². The van der Waals surface area contributed by atoms with Gasteiger partial charge in [-0.25, -0.2) is 14.2 Å². The first-order valence-electron chi connectivity index (χ1n) is 13.7. The van der Waals surface area contributed by atoms with E-state index in [0.717, 1.165) is 59.4 Å². The molecule has 0 spiro atoms. The van der Waals surface area contributed by atoms with Crippen LogP contribution in [-0.2, 0) is 37.4 Å². The van der Waals surface area contributed by atoms with Crippen LogP contribution >= 0.6 is 11.6 Å². The molecule has 10 heteroatoms. The Kier molecular flexibility index (Phi) is 6.65. The molecule has 2 N–H and O–H groups in total. The topological polar surface area (TPSA) is 92.6 Å². The fourth-order valence-corrected chi connectivity index (χ4v) is 5.96. The summed E-state index contributed by atoms with van der Waals surface area (Å²) in [6.07, 6.45) is 1.95. The molecule has 2 aliphatic heterocycles. The Morgan fingerprint density at radius 1 is 1.22 bits per heavy atom. The molecule has 0 bridgehead atoms. The van der Waals surface area contributed by atoms with Crippen LogP contribution in [0.4, 0.5) is 4.39 Å². The molecule has 1 unspecified atom stereocenters. The minimum atomic E-state index is -0.954. The highest BCUT2D eigenvalue weighted by molar-refractivity contribution is 6.30. The molecule has 5 aromatic rings. The van der Waals surface area contributed by atoms with Gasteiger partial charge in [-0.3, -0.25) is 4.90 Å². The first kappa shape index (κ1) is 26.0. The molecule has 7 rings (SSSR count). The number of carboxylic acid groups (broad SMARTS) is 1. The fraction of sp³-hybridized carbons (Fsp3) is 0.290. The lowest BCUT2D eigenvalue weighted by atomic mass is 10.0. The molecule has 8 nitrogen and oxygen atoms in total. The molecule has 1 fully saturated rings. The highest BCUT2D eigenvalue weighted by Gasteiger charge is 2.26. The number of hydrogen-bond acceptors (Lipinski definition) is 5. The summed E-state index contributed by atoms with van der Waals surface area (Å²) in [5.74, 6) is 0.228. The number of imidazole rings is 1. The number of carboxylic acids is 1. The number of para-hydroxylation sites is 1. The maximum Gasteiger partial charge on any atom is 0.335 e. The number of nitrogens with zero attached hydrogens (tertiary/aromatic N) is 3. The number of aromatic carboxylic acids is 1. The number of halogens is 2. The number of H-pyrrole nitrogens is 1. The van der Waals surface area contributed by atoms with Crippen molar-refractivity contribution < 1.29 is 23.8 Å². The molecular formula is C31H28ClFN4O4. The highest BCUT2D eigenvalue weighted by Crippen LogP contribution is 2.34. The largest absolute Gasteiger partial charge is 0.487 e. The smallest absolute Gasteiger partial charge is 0.335 e. The van der Waals surface area contributed by atoms with Crippen molar-refractivity contribution in [3.63, 3.8) is 0 Å². The van der Waals surface area contributed by atoms with Crippen LogP contribution in [0.5, 0.6) is 5.75 Å². The molecule has 0 aliphatic carbocycles. The van der Waals surface area contributed by atoms with Gasteiger partial charge < -0.3 is 24.1 Å². The summed E-state index contributed by atoms with van der Waals surface area (Å²) >= 11 is 5.89. The van der Waals surface area contributed by atoms with Crippen LogP contribution in [0, 0.1) is 5.82 Å². The van der Waals surface area contributed by atoms with E-state index < -0.39 is 5.97 Å². The Balaban J connectivity index is 1.14. The maximum absolute atomic E-state index is 14.3. The molecule has 0 amide bonds. The Morgan fingerprint density at radius 3 is 2.88 bits per heavy atom. The SMILES string of the molecule is O=C(O)c1ccc2nc(CN3CCc4c([nH]c5c(OCc6ccc(Cl)cc6F)cccc45)C3)n(CC3CCO3)c2c1. The van der Waals surface area contributed by atoms with E-state index in [1.54, 1.807) is 30.3 Å². The lowest BCUT2D eigenvalue weighted by molar-refractivity contribution is -0.0592. The van der Waals surface area contributed by atoms with E-state index in [4.69, 9.17) is 26.1 Å². The van der Waals surface area contributed by atoms with Crippen molar-refractivity contribution in [2.45, 2.75) is 45.2 Å². The van der Waals surface area contributed by atoms with Crippen molar-refractivity contribution in [1.29, 1.82) is 0 Å². The summed E-state index contributed by atoms with van der Waals surface area (Å²) in [6, 6.07) is 15.6. The van der Waals surface area contributed by atoms with Gasteiger partial charge in [0.25, 0.3) is 0 Å². The third-order valence-electron chi connectivity index (χ3n) is 8.07. The van der Waals surface area contributed by atoms with E-state index >= 15 is 0 Å². The number of rotatable bonds is 8. The molecule has 41 heavy (non-hydrogen) atoms. The molecule has 0 saturated carbocycles. The molecule has 4 heterocycles. The summed E-state index contributed by atoms with van der Waals surface area (Å²) < 4.78 is 28.2. The number of aromatic amines is 1. The third kappa shape index (κ3) is 4.94. The van der Waals surface area contributed by atoms with E-state index in [1.165, 1.54) is 11.6 Å². The Labute approximate surface area is 240 Å². The number of nitrogens with one attached hydrogen (secondary N) is 1. The van der Waals surface area contributed by atoms with E-state index in [9.17, 15) is 14.3 Å². The molecule has 2 aromatic heterocycles. The summed E-state index contributed by atoms with van der Waals surface area (Å²) in [4.78, 5) is 22.5. The zero-order valence-electron chi connectivity index (χ0n) is 22.2. The zero-order chi connectivity index (χ0) is 28.1. The number of fused-ring (bicyclic) bond motifs is 4. The van der Waals surface area contributed by atoms with Crippen LogP contribution in [0.25, 0.3) is 21.9 Å². The van der Waals surface area contributed by atoms with Crippen molar-refractivity contribution in [1.82, 2.24) is 19.4 Å². The second kappa shape index (κ2) is 10.5. The monoisotopic (exact) mass is 574 g/mol. The molecule has 1 saturated heterocycles. The van der Waals surface area contributed by atoms with Crippen LogP contribution in [-0.4, -0.2) is 49.8 Å². The summed E-state index contributed by atoms with van der Waals surface area (Å²) in [5.41, 5.74) is 5.59. The van der Waals surface area contributed by atoms with Gasteiger partial charge in [0, 0.05) is 41.4 Å². The number of ether oxygens (including phenoxy) is 2. The lowest BCUT2D eigenvalue weighted by Crippen LogP contribution is -2.34. The average Bonchev–Trinajstić information content (AvgIpc) is 3.47. The van der Waals surface area contributed by atoms with Gasteiger partial charge in [0.05, 0.1) is 41.3 Å². The molecule has 210 valence electrons. The van der Waals surface area contributed by atoms with Crippen molar-refractivity contribution in [2.75, 3.05) is 13.2 Å². The Bertz CT molecular complexity index is 1790. The van der Waals surface area contributed by atoms with Crippen LogP contribution < -0.4 is 4.74 Å². The van der Waals surface area contributed by atoms with Gasteiger partial charge in [-0.15, -0.1) is 0 Å². The molecule has 3 aromatic carbocycles. The van der Waals surface area contributed by atoms with Crippen LogP contribution in [0.1, 0.15) is 39.4 Å². The van der Waals surface area contributed by atoms with Gasteiger partial charge in [-0.1, -0.05) is 29.8 Å². The maximum atomic E-state index is 14.3. The minimum Gasteiger partial charge on any atom is -0.487 e. The minimum absolute atomic E-state index is 0.0996.